The third-order valence-electron chi connectivity index (χ3n) is 2.78. The van der Waals surface area contributed by atoms with E-state index in [4.69, 9.17) is 4.74 Å². The summed E-state index contributed by atoms with van der Waals surface area (Å²) in [7, 11) is 1.52. The molecule has 1 N–H and O–H groups in total. The number of methoxy groups -OCH3 is 1. The number of halogens is 1. The Morgan fingerprint density at radius 3 is 2.79 bits per heavy atom. The number of rotatable bonds is 5. The average Bonchev–Trinajstić information content (AvgIpc) is 2.86. The maximum Gasteiger partial charge on any atom is 0.206 e. The maximum absolute atomic E-state index is 13.9. The summed E-state index contributed by atoms with van der Waals surface area (Å²) in [5.41, 5.74) is 0.578. The van der Waals surface area contributed by atoms with Crippen LogP contribution in [0.25, 0.3) is 0 Å². The fourth-order valence-corrected chi connectivity index (χ4v) is 2.47. The minimum Gasteiger partial charge on any atom is -0.497 e. The van der Waals surface area contributed by atoms with Gasteiger partial charge in [0.25, 0.3) is 0 Å². The van der Waals surface area contributed by atoms with Crippen molar-refractivity contribution in [2.45, 2.75) is 26.3 Å². The molecule has 1 atom stereocenters. The van der Waals surface area contributed by atoms with Crippen molar-refractivity contribution in [3.05, 3.63) is 34.6 Å². The molecule has 0 aliphatic rings. The minimum absolute atomic E-state index is 0.177. The first-order valence-electron chi connectivity index (χ1n) is 6.06. The first-order chi connectivity index (χ1) is 9.13. The molecule has 2 rings (SSSR count). The summed E-state index contributed by atoms with van der Waals surface area (Å²) in [5.74, 6) is 0.220. The number of aryl methyl sites for hydroxylation is 1. The summed E-state index contributed by atoms with van der Waals surface area (Å²) in [6.45, 7) is 3.91. The maximum atomic E-state index is 13.9. The number of hydrogen-bond donors (Lipinski definition) is 1. The molecule has 0 bridgehead atoms. The molecule has 0 fully saturated rings. The van der Waals surface area contributed by atoms with E-state index < -0.39 is 0 Å². The van der Waals surface area contributed by atoms with E-state index in [0.29, 0.717) is 16.4 Å². The Balaban J connectivity index is 2.13. The lowest BCUT2D eigenvalue weighted by molar-refractivity contribution is 0.410. The van der Waals surface area contributed by atoms with Crippen LogP contribution < -0.4 is 10.1 Å². The Labute approximate surface area is 115 Å². The van der Waals surface area contributed by atoms with Gasteiger partial charge in [0.1, 0.15) is 16.6 Å². The molecule has 0 amide bonds. The van der Waals surface area contributed by atoms with Gasteiger partial charge < -0.3 is 10.1 Å². The highest BCUT2D eigenvalue weighted by molar-refractivity contribution is 7.15. The van der Waals surface area contributed by atoms with Crippen molar-refractivity contribution in [3.63, 3.8) is 0 Å². The highest BCUT2D eigenvalue weighted by atomic mass is 32.1. The average molecular weight is 281 g/mol. The molecule has 1 aromatic heterocycles. The van der Waals surface area contributed by atoms with E-state index in [1.807, 2.05) is 13.8 Å². The molecule has 19 heavy (non-hydrogen) atoms. The quantitative estimate of drug-likeness (QED) is 0.912. The van der Waals surface area contributed by atoms with Crippen LogP contribution in [0, 0.1) is 5.82 Å². The van der Waals surface area contributed by atoms with Crippen molar-refractivity contribution in [1.82, 2.24) is 10.2 Å². The van der Waals surface area contributed by atoms with Gasteiger partial charge >= 0.3 is 0 Å². The Morgan fingerprint density at radius 2 is 2.21 bits per heavy atom. The van der Waals surface area contributed by atoms with E-state index in [2.05, 4.69) is 15.5 Å². The zero-order valence-electron chi connectivity index (χ0n) is 11.1. The van der Waals surface area contributed by atoms with Gasteiger partial charge in [0.15, 0.2) is 0 Å². The lowest BCUT2D eigenvalue weighted by Gasteiger charge is -2.14. The van der Waals surface area contributed by atoms with E-state index in [9.17, 15) is 4.39 Å². The monoisotopic (exact) mass is 281 g/mol. The van der Waals surface area contributed by atoms with Crippen LogP contribution in [-0.2, 0) is 6.42 Å². The predicted octanol–water partition coefficient (Wildman–Crippen LogP) is 3.42. The van der Waals surface area contributed by atoms with E-state index >= 15 is 0 Å². The number of ether oxygens (including phenoxy) is 1. The van der Waals surface area contributed by atoms with Crippen LogP contribution in [0.2, 0.25) is 0 Å². The van der Waals surface area contributed by atoms with Crippen LogP contribution in [0.15, 0.2) is 18.2 Å². The first-order valence-corrected chi connectivity index (χ1v) is 6.88. The van der Waals surface area contributed by atoms with Crippen LogP contribution in [0.5, 0.6) is 5.75 Å². The minimum atomic E-state index is -0.292. The third-order valence-corrected chi connectivity index (χ3v) is 3.78. The molecule has 1 heterocycles. The summed E-state index contributed by atoms with van der Waals surface area (Å²) in [6.07, 6.45) is 0.852. The fraction of sp³-hybridized carbons (Fsp3) is 0.385. The SMILES string of the molecule is CCc1nnc(NC(C)c2ccc(OC)cc2F)s1. The van der Waals surface area contributed by atoms with Gasteiger partial charge in [-0.2, -0.15) is 0 Å². The Hall–Kier alpha value is -1.69. The smallest absolute Gasteiger partial charge is 0.206 e. The number of nitrogens with zero attached hydrogens (tertiary/aromatic N) is 2. The van der Waals surface area contributed by atoms with Crippen LogP contribution >= 0.6 is 11.3 Å². The summed E-state index contributed by atoms with van der Waals surface area (Å²) >= 11 is 1.49. The molecule has 0 spiro atoms. The fourth-order valence-electron chi connectivity index (χ4n) is 1.70. The zero-order chi connectivity index (χ0) is 13.8. The van der Waals surface area contributed by atoms with Gasteiger partial charge in [0, 0.05) is 11.6 Å². The molecule has 6 heteroatoms. The molecule has 0 aliphatic heterocycles. The molecule has 2 aromatic rings. The van der Waals surface area contributed by atoms with Crippen molar-refractivity contribution in [1.29, 1.82) is 0 Å². The number of anilines is 1. The molecular formula is C13H16FN3OS. The Kier molecular flexibility index (Phi) is 4.31. The number of nitrogens with one attached hydrogen (secondary N) is 1. The van der Waals surface area contributed by atoms with Gasteiger partial charge in [-0.15, -0.1) is 10.2 Å². The van der Waals surface area contributed by atoms with Crippen molar-refractivity contribution >= 4 is 16.5 Å². The zero-order valence-corrected chi connectivity index (χ0v) is 11.9. The van der Waals surface area contributed by atoms with Crippen LogP contribution in [0.4, 0.5) is 9.52 Å². The van der Waals surface area contributed by atoms with Crippen molar-refractivity contribution in [2.75, 3.05) is 12.4 Å². The number of hydrogen-bond acceptors (Lipinski definition) is 5. The van der Waals surface area contributed by atoms with E-state index in [0.717, 1.165) is 11.4 Å². The number of aromatic nitrogens is 2. The molecule has 0 saturated carbocycles. The second-order valence-electron chi connectivity index (χ2n) is 4.11. The molecule has 0 aliphatic carbocycles. The Bertz CT molecular complexity index is 559. The molecule has 0 radical (unpaired) electrons. The lowest BCUT2D eigenvalue weighted by atomic mass is 10.1. The molecule has 0 saturated heterocycles. The van der Waals surface area contributed by atoms with Gasteiger partial charge in [0.2, 0.25) is 5.13 Å². The summed E-state index contributed by atoms with van der Waals surface area (Å²) in [6, 6.07) is 4.66. The Morgan fingerprint density at radius 1 is 1.42 bits per heavy atom. The summed E-state index contributed by atoms with van der Waals surface area (Å²) < 4.78 is 18.9. The third kappa shape index (κ3) is 3.20. The largest absolute Gasteiger partial charge is 0.497 e. The molecule has 102 valence electrons. The van der Waals surface area contributed by atoms with Gasteiger partial charge in [-0.3, -0.25) is 0 Å². The van der Waals surface area contributed by atoms with Crippen molar-refractivity contribution in [3.8, 4) is 5.75 Å². The topological polar surface area (TPSA) is 47.0 Å². The summed E-state index contributed by atoms with van der Waals surface area (Å²) in [5, 5.41) is 12.9. The van der Waals surface area contributed by atoms with Gasteiger partial charge in [-0.05, 0) is 19.4 Å². The van der Waals surface area contributed by atoms with Gasteiger partial charge in [-0.25, -0.2) is 4.39 Å². The highest BCUT2D eigenvalue weighted by Gasteiger charge is 2.13. The predicted molar refractivity (Wildman–Crippen MR) is 74.3 cm³/mol. The second-order valence-corrected chi connectivity index (χ2v) is 5.17. The van der Waals surface area contributed by atoms with Crippen LogP contribution in [-0.4, -0.2) is 17.3 Å². The highest BCUT2D eigenvalue weighted by Crippen LogP contribution is 2.26. The van der Waals surface area contributed by atoms with Crippen LogP contribution in [0.1, 0.15) is 30.5 Å². The lowest BCUT2D eigenvalue weighted by Crippen LogP contribution is -2.08. The van der Waals surface area contributed by atoms with Crippen LogP contribution in [0.3, 0.4) is 0 Å². The molecule has 1 aromatic carbocycles. The molecular weight excluding hydrogens is 265 g/mol. The first kappa shape index (κ1) is 13.7. The molecule has 1 unspecified atom stereocenters. The van der Waals surface area contributed by atoms with E-state index in [1.54, 1.807) is 12.1 Å². The van der Waals surface area contributed by atoms with E-state index in [-0.39, 0.29) is 11.9 Å². The van der Waals surface area contributed by atoms with Gasteiger partial charge in [0.05, 0.1) is 13.2 Å². The number of benzene rings is 1. The normalized spacial score (nSPS) is 12.2. The van der Waals surface area contributed by atoms with E-state index in [1.165, 1.54) is 24.5 Å². The van der Waals surface area contributed by atoms with Crippen molar-refractivity contribution in [2.24, 2.45) is 0 Å². The standard InChI is InChI=1S/C13H16FN3OS/c1-4-12-16-17-13(19-12)15-8(2)10-6-5-9(18-3)7-11(10)14/h5-8H,4H2,1-3H3,(H,15,17). The van der Waals surface area contributed by atoms with Gasteiger partial charge in [-0.1, -0.05) is 24.3 Å². The summed E-state index contributed by atoms with van der Waals surface area (Å²) in [4.78, 5) is 0. The van der Waals surface area contributed by atoms with Crippen molar-refractivity contribution < 1.29 is 9.13 Å². The molecule has 4 nitrogen and oxygen atoms in total. The second kappa shape index (κ2) is 5.97.